The van der Waals surface area contributed by atoms with Gasteiger partial charge in [-0.15, -0.1) is 22.0 Å². The van der Waals surface area contributed by atoms with E-state index in [0.717, 1.165) is 16.3 Å². The highest BCUT2D eigenvalue weighted by atomic mass is 32.2. The molecule has 1 aliphatic heterocycles. The SMILES string of the molecule is C[C@@H]1CSc2ccccc2N1Cc1nnn(CC(F)(F)F)n1. The maximum Gasteiger partial charge on any atom is 0.409 e. The number of anilines is 1. The summed E-state index contributed by atoms with van der Waals surface area (Å²) in [5.74, 6) is 1.20. The molecule has 3 rings (SSSR count). The number of hydrogen-bond acceptors (Lipinski definition) is 5. The molecule has 0 unspecified atom stereocenters. The highest BCUT2D eigenvalue weighted by molar-refractivity contribution is 7.99. The van der Waals surface area contributed by atoms with Crippen LogP contribution in [0.15, 0.2) is 29.2 Å². The Kier molecular flexibility index (Phi) is 3.98. The van der Waals surface area contributed by atoms with Crippen LogP contribution in [0, 0.1) is 0 Å². The average molecular weight is 329 g/mol. The number of tetrazole rings is 1. The molecule has 0 spiro atoms. The molecule has 1 aromatic heterocycles. The summed E-state index contributed by atoms with van der Waals surface area (Å²) in [4.78, 5) is 3.84. The Morgan fingerprint density at radius 2 is 2.09 bits per heavy atom. The van der Waals surface area contributed by atoms with Crippen molar-refractivity contribution < 1.29 is 13.2 Å². The molecule has 0 saturated carbocycles. The number of rotatable bonds is 3. The van der Waals surface area contributed by atoms with Crippen molar-refractivity contribution in [1.29, 1.82) is 0 Å². The second kappa shape index (κ2) is 5.79. The molecule has 9 heteroatoms. The Labute approximate surface area is 129 Å². The van der Waals surface area contributed by atoms with Crippen LogP contribution in [0.25, 0.3) is 0 Å². The van der Waals surface area contributed by atoms with Gasteiger partial charge in [-0.3, -0.25) is 0 Å². The van der Waals surface area contributed by atoms with E-state index in [9.17, 15) is 13.2 Å². The summed E-state index contributed by atoms with van der Waals surface area (Å²) >= 11 is 1.77. The molecule has 1 aliphatic rings. The van der Waals surface area contributed by atoms with Crippen molar-refractivity contribution in [3.8, 4) is 0 Å². The standard InChI is InChI=1S/C13H14F3N5S/c1-9-7-22-11-5-3-2-4-10(11)20(9)6-12-17-19-21(18-12)8-13(14,15)16/h2-5,9H,6-8H2,1H3/t9-/m1/s1. The Morgan fingerprint density at radius 3 is 2.86 bits per heavy atom. The molecule has 0 aliphatic carbocycles. The molecule has 22 heavy (non-hydrogen) atoms. The molecule has 1 atom stereocenters. The van der Waals surface area contributed by atoms with Gasteiger partial charge in [0.05, 0.1) is 12.2 Å². The van der Waals surface area contributed by atoms with Crippen LogP contribution in [0.2, 0.25) is 0 Å². The summed E-state index contributed by atoms with van der Waals surface area (Å²) in [6.07, 6.45) is -4.35. The number of fused-ring (bicyclic) bond motifs is 1. The Hall–Kier alpha value is -1.77. The first-order chi connectivity index (χ1) is 10.4. The smallest absolute Gasteiger partial charge is 0.359 e. The molecule has 2 heterocycles. The molecule has 2 aromatic rings. The van der Waals surface area contributed by atoms with Crippen LogP contribution < -0.4 is 4.90 Å². The zero-order chi connectivity index (χ0) is 15.7. The molecular weight excluding hydrogens is 315 g/mol. The minimum absolute atomic E-state index is 0.245. The topological polar surface area (TPSA) is 46.8 Å². The van der Waals surface area contributed by atoms with Gasteiger partial charge in [0.25, 0.3) is 0 Å². The van der Waals surface area contributed by atoms with Crippen molar-refractivity contribution in [2.24, 2.45) is 0 Å². The van der Waals surface area contributed by atoms with Gasteiger partial charge in [-0.25, -0.2) is 0 Å². The highest BCUT2D eigenvalue weighted by Crippen LogP contribution is 2.37. The first-order valence-corrected chi connectivity index (χ1v) is 7.73. The number of hydrogen-bond donors (Lipinski definition) is 0. The molecule has 118 valence electrons. The number of alkyl halides is 3. The largest absolute Gasteiger partial charge is 0.409 e. The Balaban J connectivity index is 1.78. The molecule has 0 fully saturated rings. The quantitative estimate of drug-likeness (QED) is 0.866. The van der Waals surface area contributed by atoms with E-state index >= 15 is 0 Å². The molecule has 0 radical (unpaired) electrons. The maximum atomic E-state index is 12.3. The normalized spacial score (nSPS) is 18.4. The first kappa shape index (κ1) is 15.1. The molecule has 1 aromatic carbocycles. The van der Waals surface area contributed by atoms with E-state index in [0.29, 0.717) is 11.3 Å². The van der Waals surface area contributed by atoms with E-state index in [1.54, 1.807) is 11.8 Å². The van der Waals surface area contributed by atoms with Gasteiger partial charge in [0.15, 0.2) is 12.4 Å². The summed E-state index contributed by atoms with van der Waals surface area (Å²) < 4.78 is 37.0. The minimum atomic E-state index is -4.35. The summed E-state index contributed by atoms with van der Waals surface area (Å²) in [5, 5.41) is 11.0. The van der Waals surface area contributed by atoms with Gasteiger partial charge in [0.2, 0.25) is 0 Å². The summed E-state index contributed by atoms with van der Waals surface area (Å²) in [7, 11) is 0. The number of benzene rings is 1. The van der Waals surface area contributed by atoms with Crippen LogP contribution in [0.4, 0.5) is 18.9 Å². The third kappa shape index (κ3) is 3.34. The van der Waals surface area contributed by atoms with Crippen molar-refractivity contribution in [2.45, 2.75) is 37.1 Å². The zero-order valence-electron chi connectivity index (χ0n) is 11.8. The fourth-order valence-corrected chi connectivity index (χ4v) is 3.42. The van der Waals surface area contributed by atoms with E-state index in [-0.39, 0.29) is 11.9 Å². The van der Waals surface area contributed by atoms with Crippen molar-refractivity contribution in [3.63, 3.8) is 0 Å². The number of thioether (sulfide) groups is 1. The summed E-state index contributed by atoms with van der Waals surface area (Å²) in [6, 6.07) is 8.19. The fourth-order valence-electron chi connectivity index (χ4n) is 2.31. The van der Waals surface area contributed by atoms with E-state index in [1.807, 2.05) is 24.3 Å². The van der Waals surface area contributed by atoms with Crippen molar-refractivity contribution in [2.75, 3.05) is 10.7 Å². The third-order valence-electron chi connectivity index (χ3n) is 3.31. The molecule has 5 nitrogen and oxygen atoms in total. The van der Waals surface area contributed by atoms with Crippen LogP contribution in [-0.4, -0.2) is 38.2 Å². The van der Waals surface area contributed by atoms with Gasteiger partial charge in [0, 0.05) is 16.7 Å². The Morgan fingerprint density at radius 1 is 1.32 bits per heavy atom. The lowest BCUT2D eigenvalue weighted by molar-refractivity contribution is -0.145. The van der Waals surface area contributed by atoms with Gasteiger partial charge in [0.1, 0.15) is 0 Å². The second-order valence-electron chi connectivity index (χ2n) is 5.11. The molecule has 0 bridgehead atoms. The van der Waals surface area contributed by atoms with Gasteiger partial charge < -0.3 is 4.90 Å². The minimum Gasteiger partial charge on any atom is -0.359 e. The number of halogens is 3. The first-order valence-electron chi connectivity index (χ1n) is 6.74. The lowest BCUT2D eigenvalue weighted by atomic mass is 10.2. The van der Waals surface area contributed by atoms with Crippen molar-refractivity contribution in [3.05, 3.63) is 30.1 Å². The predicted molar refractivity (Wildman–Crippen MR) is 76.7 cm³/mol. The summed E-state index contributed by atoms with van der Waals surface area (Å²) in [5.41, 5.74) is 1.05. The maximum absolute atomic E-state index is 12.3. The van der Waals surface area contributed by atoms with E-state index < -0.39 is 12.7 Å². The monoisotopic (exact) mass is 329 g/mol. The number of nitrogens with zero attached hydrogens (tertiary/aromatic N) is 5. The highest BCUT2D eigenvalue weighted by Gasteiger charge is 2.30. The van der Waals surface area contributed by atoms with E-state index in [2.05, 4.69) is 27.2 Å². The number of aromatic nitrogens is 4. The van der Waals surface area contributed by atoms with Crippen LogP contribution in [-0.2, 0) is 13.1 Å². The van der Waals surface area contributed by atoms with Crippen LogP contribution >= 0.6 is 11.8 Å². The van der Waals surface area contributed by atoms with Crippen LogP contribution in [0.3, 0.4) is 0 Å². The van der Waals surface area contributed by atoms with Gasteiger partial charge in [-0.1, -0.05) is 12.1 Å². The lowest BCUT2D eigenvalue weighted by Crippen LogP contribution is -2.37. The van der Waals surface area contributed by atoms with Gasteiger partial charge >= 0.3 is 6.18 Å². The van der Waals surface area contributed by atoms with Crippen molar-refractivity contribution >= 4 is 17.4 Å². The molecular formula is C13H14F3N5S. The zero-order valence-corrected chi connectivity index (χ0v) is 12.6. The molecule has 0 amide bonds. The van der Waals surface area contributed by atoms with Crippen LogP contribution in [0.1, 0.15) is 12.7 Å². The van der Waals surface area contributed by atoms with E-state index in [1.165, 1.54) is 0 Å². The number of para-hydroxylation sites is 1. The molecule has 0 N–H and O–H groups in total. The van der Waals surface area contributed by atoms with Gasteiger partial charge in [-0.2, -0.15) is 18.0 Å². The van der Waals surface area contributed by atoms with E-state index in [4.69, 9.17) is 0 Å². The molecule has 0 saturated heterocycles. The predicted octanol–water partition coefficient (Wildman–Crippen LogP) is 2.74. The fraction of sp³-hybridized carbons (Fsp3) is 0.462. The summed E-state index contributed by atoms with van der Waals surface area (Å²) in [6.45, 7) is 1.20. The second-order valence-corrected chi connectivity index (χ2v) is 6.17. The van der Waals surface area contributed by atoms with Gasteiger partial charge in [-0.05, 0) is 24.3 Å². The average Bonchev–Trinajstić information content (AvgIpc) is 2.87. The lowest BCUT2D eigenvalue weighted by Gasteiger charge is -2.35. The third-order valence-corrected chi connectivity index (χ3v) is 4.62. The van der Waals surface area contributed by atoms with Crippen LogP contribution in [0.5, 0.6) is 0 Å². The Bertz CT molecular complexity index is 657. The van der Waals surface area contributed by atoms with Crippen molar-refractivity contribution in [1.82, 2.24) is 20.2 Å².